The second-order valence-corrected chi connectivity index (χ2v) is 3.60. The van der Waals surface area contributed by atoms with E-state index in [1.165, 1.54) is 17.3 Å². The molecule has 0 atom stereocenters. The molecule has 0 radical (unpaired) electrons. The van der Waals surface area contributed by atoms with Crippen molar-refractivity contribution in [1.29, 1.82) is 0 Å². The van der Waals surface area contributed by atoms with Crippen LogP contribution in [-0.2, 0) is 0 Å². The van der Waals surface area contributed by atoms with Crippen molar-refractivity contribution in [2.75, 3.05) is 0 Å². The summed E-state index contributed by atoms with van der Waals surface area (Å²) in [6.45, 7) is 3.97. The average molecular weight is 225 g/mol. The summed E-state index contributed by atoms with van der Waals surface area (Å²) in [4.78, 5) is 16.0. The molecule has 15 heavy (non-hydrogen) atoms. The van der Waals surface area contributed by atoms with Crippen molar-refractivity contribution < 1.29 is 0 Å². The van der Waals surface area contributed by atoms with Crippen LogP contribution in [0.4, 0.5) is 0 Å². The van der Waals surface area contributed by atoms with Crippen LogP contribution < -0.4 is 0 Å². The zero-order valence-corrected chi connectivity index (χ0v) is 9.05. The van der Waals surface area contributed by atoms with Gasteiger partial charge in [0.1, 0.15) is 18.5 Å². The van der Waals surface area contributed by atoms with Crippen LogP contribution in [-0.4, -0.2) is 29.7 Å². The zero-order chi connectivity index (χ0) is 10.8. The maximum absolute atomic E-state index is 5.79. The van der Waals surface area contributed by atoms with E-state index in [9.17, 15) is 0 Å². The topological polar surface area (TPSA) is 69.4 Å². The van der Waals surface area contributed by atoms with Gasteiger partial charge < -0.3 is 0 Å². The third-order valence-electron chi connectivity index (χ3n) is 1.75. The molecule has 0 saturated carbocycles. The smallest absolute Gasteiger partial charge is 0.223 e. The maximum Gasteiger partial charge on any atom is 0.256 e. The highest BCUT2D eigenvalue weighted by molar-refractivity contribution is 6.28. The van der Waals surface area contributed by atoms with Gasteiger partial charge in [-0.2, -0.15) is 19.7 Å². The standard InChI is InChI=1S/C8H9ClN6/c1-5(2)6-12-7(9)14-8(13-6)15-4-10-3-11-15/h3-5H,1-2H3. The Labute approximate surface area is 91.4 Å². The lowest BCUT2D eigenvalue weighted by Gasteiger charge is -2.05. The summed E-state index contributed by atoms with van der Waals surface area (Å²) in [6.07, 6.45) is 2.92. The van der Waals surface area contributed by atoms with Crippen LogP contribution in [0.3, 0.4) is 0 Å². The average Bonchev–Trinajstić information content (AvgIpc) is 2.69. The van der Waals surface area contributed by atoms with Crippen LogP contribution in [0, 0.1) is 0 Å². The Morgan fingerprint density at radius 2 is 2.07 bits per heavy atom. The van der Waals surface area contributed by atoms with Gasteiger partial charge in [-0.15, -0.1) is 0 Å². The largest absolute Gasteiger partial charge is 0.256 e. The maximum atomic E-state index is 5.79. The van der Waals surface area contributed by atoms with Crippen molar-refractivity contribution in [3.8, 4) is 5.95 Å². The van der Waals surface area contributed by atoms with Gasteiger partial charge in [0.05, 0.1) is 0 Å². The molecule has 0 bridgehead atoms. The van der Waals surface area contributed by atoms with E-state index in [1.807, 2.05) is 13.8 Å². The number of aromatic nitrogens is 6. The van der Waals surface area contributed by atoms with E-state index in [-0.39, 0.29) is 11.2 Å². The van der Waals surface area contributed by atoms with Crippen molar-refractivity contribution in [2.24, 2.45) is 0 Å². The number of halogens is 1. The van der Waals surface area contributed by atoms with Gasteiger partial charge in [-0.25, -0.2) is 9.97 Å². The zero-order valence-electron chi connectivity index (χ0n) is 8.29. The molecule has 78 valence electrons. The minimum Gasteiger partial charge on any atom is -0.223 e. The van der Waals surface area contributed by atoms with Gasteiger partial charge in [-0.1, -0.05) is 13.8 Å². The van der Waals surface area contributed by atoms with E-state index in [0.29, 0.717) is 11.8 Å². The van der Waals surface area contributed by atoms with E-state index in [2.05, 4.69) is 25.0 Å². The second kappa shape index (κ2) is 3.90. The van der Waals surface area contributed by atoms with Crippen LogP contribution in [0.2, 0.25) is 5.28 Å². The van der Waals surface area contributed by atoms with E-state index in [0.717, 1.165) is 0 Å². The van der Waals surface area contributed by atoms with E-state index in [4.69, 9.17) is 11.6 Å². The monoisotopic (exact) mass is 224 g/mol. The second-order valence-electron chi connectivity index (χ2n) is 3.26. The van der Waals surface area contributed by atoms with Gasteiger partial charge in [-0.05, 0) is 11.6 Å². The summed E-state index contributed by atoms with van der Waals surface area (Å²) in [5.74, 6) is 1.21. The molecule has 0 aliphatic heterocycles. The molecule has 0 aliphatic rings. The summed E-state index contributed by atoms with van der Waals surface area (Å²) in [5.41, 5.74) is 0. The Bertz CT molecular complexity index is 452. The predicted octanol–water partition coefficient (Wildman–Crippen LogP) is 1.23. The van der Waals surface area contributed by atoms with Gasteiger partial charge in [0.25, 0.3) is 5.95 Å². The fraction of sp³-hybridized carbons (Fsp3) is 0.375. The molecule has 0 aliphatic carbocycles. The van der Waals surface area contributed by atoms with Crippen LogP contribution in [0.25, 0.3) is 5.95 Å². The Balaban J connectivity index is 2.49. The molecule has 0 unspecified atom stereocenters. The van der Waals surface area contributed by atoms with Crippen molar-refractivity contribution >= 4 is 11.6 Å². The summed E-state index contributed by atoms with van der Waals surface area (Å²) in [7, 11) is 0. The molecule has 0 saturated heterocycles. The van der Waals surface area contributed by atoms with Crippen LogP contribution >= 0.6 is 11.6 Å². The molecule has 0 amide bonds. The highest BCUT2D eigenvalue weighted by atomic mass is 35.5. The number of hydrogen-bond donors (Lipinski definition) is 0. The van der Waals surface area contributed by atoms with Gasteiger partial charge in [0, 0.05) is 5.92 Å². The Morgan fingerprint density at radius 1 is 1.27 bits per heavy atom. The number of nitrogens with zero attached hydrogens (tertiary/aromatic N) is 6. The van der Waals surface area contributed by atoms with Crippen molar-refractivity contribution in [1.82, 2.24) is 29.7 Å². The normalized spacial score (nSPS) is 10.9. The van der Waals surface area contributed by atoms with E-state index < -0.39 is 0 Å². The fourth-order valence-corrected chi connectivity index (χ4v) is 1.19. The molecule has 0 aromatic carbocycles. The van der Waals surface area contributed by atoms with Crippen LogP contribution in [0.1, 0.15) is 25.6 Å². The summed E-state index contributed by atoms with van der Waals surface area (Å²) in [5, 5.41) is 4.09. The molecule has 7 heteroatoms. The molecule has 2 aromatic heterocycles. The minimum absolute atomic E-state index is 0.166. The summed E-state index contributed by atoms with van der Waals surface area (Å²) < 4.78 is 1.44. The number of rotatable bonds is 2. The highest BCUT2D eigenvalue weighted by Gasteiger charge is 2.09. The minimum atomic E-state index is 0.166. The van der Waals surface area contributed by atoms with E-state index >= 15 is 0 Å². The van der Waals surface area contributed by atoms with Crippen LogP contribution in [0.15, 0.2) is 12.7 Å². The number of hydrogen-bond acceptors (Lipinski definition) is 5. The Hall–Kier alpha value is -1.56. The Kier molecular flexibility index (Phi) is 2.59. The first-order valence-corrected chi connectivity index (χ1v) is 4.81. The third-order valence-corrected chi connectivity index (χ3v) is 1.92. The molecule has 2 aromatic rings. The van der Waals surface area contributed by atoms with Crippen molar-refractivity contribution in [3.05, 3.63) is 23.8 Å². The molecule has 0 N–H and O–H groups in total. The summed E-state index contributed by atoms with van der Waals surface area (Å²) in [6, 6.07) is 0. The first-order chi connectivity index (χ1) is 7.16. The third kappa shape index (κ3) is 2.10. The molecule has 0 spiro atoms. The van der Waals surface area contributed by atoms with Gasteiger partial charge in [0.2, 0.25) is 5.28 Å². The van der Waals surface area contributed by atoms with Crippen molar-refractivity contribution in [3.63, 3.8) is 0 Å². The van der Waals surface area contributed by atoms with E-state index in [1.54, 1.807) is 0 Å². The first-order valence-electron chi connectivity index (χ1n) is 4.43. The summed E-state index contributed by atoms with van der Waals surface area (Å²) >= 11 is 5.79. The molecule has 6 nitrogen and oxygen atoms in total. The lowest BCUT2D eigenvalue weighted by atomic mass is 10.2. The highest BCUT2D eigenvalue weighted by Crippen LogP contribution is 2.12. The quantitative estimate of drug-likeness (QED) is 0.767. The van der Waals surface area contributed by atoms with Gasteiger partial charge >= 0.3 is 0 Å². The van der Waals surface area contributed by atoms with Crippen LogP contribution in [0.5, 0.6) is 0 Å². The van der Waals surface area contributed by atoms with Gasteiger partial charge in [0.15, 0.2) is 0 Å². The fourth-order valence-electron chi connectivity index (χ4n) is 1.03. The predicted molar refractivity (Wildman–Crippen MR) is 53.8 cm³/mol. The lowest BCUT2D eigenvalue weighted by molar-refractivity contribution is 0.717. The first kappa shape index (κ1) is 9.97. The molecule has 2 rings (SSSR count). The molecular weight excluding hydrogens is 216 g/mol. The SMILES string of the molecule is CC(C)c1nc(Cl)nc(-n2cncn2)n1. The molecule has 2 heterocycles. The molecule has 0 fully saturated rings. The lowest BCUT2D eigenvalue weighted by Crippen LogP contribution is -2.08. The van der Waals surface area contributed by atoms with Gasteiger partial charge in [-0.3, -0.25) is 0 Å². The Morgan fingerprint density at radius 3 is 2.67 bits per heavy atom. The molecular formula is C8H9ClN6. The van der Waals surface area contributed by atoms with Crippen molar-refractivity contribution in [2.45, 2.75) is 19.8 Å².